The molecule has 0 aliphatic carbocycles. The van der Waals surface area contributed by atoms with E-state index in [1.807, 2.05) is 0 Å². The summed E-state index contributed by atoms with van der Waals surface area (Å²) >= 11 is 0. The van der Waals surface area contributed by atoms with E-state index in [0.717, 1.165) is 18.9 Å². The van der Waals surface area contributed by atoms with Gasteiger partial charge >= 0.3 is 0 Å². The second kappa shape index (κ2) is 6.98. The molecule has 1 aliphatic rings. The lowest BCUT2D eigenvalue weighted by atomic mass is 10.0. The summed E-state index contributed by atoms with van der Waals surface area (Å²) in [6.07, 6.45) is 3.35. The number of carbonyl (C=O) groups is 1. The Morgan fingerprint density at radius 1 is 1.46 bits per heavy atom. The molecule has 7 heteroatoms. The van der Waals surface area contributed by atoms with Crippen LogP contribution in [-0.2, 0) is 6.61 Å². The van der Waals surface area contributed by atoms with Gasteiger partial charge < -0.3 is 14.1 Å². The zero-order valence-electron chi connectivity index (χ0n) is 13.3. The summed E-state index contributed by atoms with van der Waals surface area (Å²) in [5, 5.41) is 0. The summed E-state index contributed by atoms with van der Waals surface area (Å²) < 4.78 is 37.0. The van der Waals surface area contributed by atoms with Crippen molar-refractivity contribution in [1.29, 1.82) is 0 Å². The van der Waals surface area contributed by atoms with Crippen LogP contribution in [0.15, 0.2) is 28.9 Å². The fourth-order valence-corrected chi connectivity index (χ4v) is 2.75. The highest BCUT2D eigenvalue weighted by Gasteiger charge is 2.24. The summed E-state index contributed by atoms with van der Waals surface area (Å²) in [5.41, 5.74) is 0.197. The Kier molecular flexibility index (Phi) is 4.78. The van der Waals surface area contributed by atoms with Crippen LogP contribution in [0.4, 0.5) is 8.78 Å². The van der Waals surface area contributed by atoms with Gasteiger partial charge in [0, 0.05) is 13.1 Å². The van der Waals surface area contributed by atoms with Crippen LogP contribution >= 0.6 is 0 Å². The average Bonchev–Trinajstić information content (AvgIpc) is 3.04. The second-order valence-corrected chi connectivity index (χ2v) is 5.97. The molecule has 1 aromatic carbocycles. The Hall–Kier alpha value is -2.44. The van der Waals surface area contributed by atoms with Crippen LogP contribution < -0.4 is 4.74 Å². The van der Waals surface area contributed by atoms with Gasteiger partial charge in [0.1, 0.15) is 6.26 Å². The van der Waals surface area contributed by atoms with E-state index in [-0.39, 0.29) is 29.8 Å². The predicted molar refractivity (Wildman–Crippen MR) is 81.5 cm³/mol. The molecule has 0 saturated carbocycles. The lowest BCUT2D eigenvalue weighted by molar-refractivity contribution is 0.0677. The molecule has 0 bridgehead atoms. The number of hydrogen-bond donors (Lipinski definition) is 0. The molecule has 1 aromatic heterocycles. The largest absolute Gasteiger partial charge is 0.481 e. The van der Waals surface area contributed by atoms with E-state index in [0.29, 0.717) is 19.0 Å². The minimum absolute atomic E-state index is 0.132. The molecule has 2 heterocycles. The van der Waals surface area contributed by atoms with E-state index < -0.39 is 11.6 Å². The van der Waals surface area contributed by atoms with Crippen molar-refractivity contribution in [3.63, 3.8) is 0 Å². The summed E-state index contributed by atoms with van der Waals surface area (Å²) in [4.78, 5) is 18.2. The number of halogens is 2. The first-order valence-electron chi connectivity index (χ1n) is 7.85. The maximum absolute atomic E-state index is 13.5. The van der Waals surface area contributed by atoms with Gasteiger partial charge in [-0.25, -0.2) is 9.37 Å². The number of likely N-dealkylation sites (tertiary alicyclic amines) is 1. The molecule has 1 saturated heterocycles. The number of aromatic nitrogens is 1. The monoisotopic (exact) mass is 336 g/mol. The third-order valence-corrected chi connectivity index (χ3v) is 3.98. The van der Waals surface area contributed by atoms with E-state index in [1.165, 1.54) is 18.4 Å². The Balaban J connectivity index is 1.63. The first kappa shape index (κ1) is 16.4. The molecule has 1 fully saturated rings. The molecule has 128 valence electrons. The number of oxazole rings is 1. The molecule has 0 unspecified atom stereocenters. The standard InChI is InChI=1S/C17H18F2N2O3/c1-11-4-3-7-21(8-11)17(22)13-9-24-15(20-13)10-23-14-6-2-5-12(18)16(14)19/h2,5-6,9,11H,3-4,7-8,10H2,1H3/t11-/m1/s1. The Bertz CT molecular complexity index is 732. The lowest BCUT2D eigenvalue weighted by Crippen LogP contribution is -2.39. The molecule has 3 rings (SSSR count). The van der Waals surface area contributed by atoms with Crippen LogP contribution in [0.2, 0.25) is 0 Å². The van der Waals surface area contributed by atoms with Crippen molar-refractivity contribution in [3.8, 4) is 5.75 Å². The highest BCUT2D eigenvalue weighted by atomic mass is 19.2. The van der Waals surface area contributed by atoms with Crippen LogP contribution in [-0.4, -0.2) is 28.9 Å². The minimum atomic E-state index is -1.07. The zero-order chi connectivity index (χ0) is 17.1. The summed E-state index contributed by atoms with van der Waals surface area (Å²) in [5.74, 6) is -1.88. The summed E-state index contributed by atoms with van der Waals surface area (Å²) in [7, 11) is 0. The molecule has 0 N–H and O–H groups in total. The van der Waals surface area contributed by atoms with E-state index in [2.05, 4.69) is 11.9 Å². The van der Waals surface area contributed by atoms with Crippen LogP contribution in [0.3, 0.4) is 0 Å². The van der Waals surface area contributed by atoms with Gasteiger partial charge in [0.15, 0.2) is 23.9 Å². The predicted octanol–water partition coefficient (Wildman–Crippen LogP) is 3.40. The van der Waals surface area contributed by atoms with Crippen molar-refractivity contribution < 1.29 is 22.7 Å². The normalized spacial score (nSPS) is 17.8. The minimum Gasteiger partial charge on any atom is -0.481 e. The number of rotatable bonds is 4. The Morgan fingerprint density at radius 2 is 2.29 bits per heavy atom. The van der Waals surface area contributed by atoms with Gasteiger partial charge in [-0.05, 0) is 30.9 Å². The molecule has 1 amide bonds. The number of carbonyl (C=O) groups excluding carboxylic acids is 1. The maximum atomic E-state index is 13.5. The van der Waals surface area contributed by atoms with Gasteiger partial charge in [-0.2, -0.15) is 4.39 Å². The summed E-state index contributed by atoms with van der Waals surface area (Å²) in [6, 6.07) is 3.65. The second-order valence-electron chi connectivity index (χ2n) is 5.97. The first-order chi connectivity index (χ1) is 11.5. The van der Waals surface area contributed by atoms with Crippen molar-refractivity contribution in [3.05, 3.63) is 47.7 Å². The van der Waals surface area contributed by atoms with Gasteiger partial charge in [-0.15, -0.1) is 0 Å². The Labute approximate surface area is 138 Å². The molecule has 2 aromatic rings. The van der Waals surface area contributed by atoms with E-state index in [1.54, 1.807) is 4.90 Å². The van der Waals surface area contributed by atoms with Crippen molar-refractivity contribution in [2.24, 2.45) is 5.92 Å². The molecular weight excluding hydrogens is 318 g/mol. The molecule has 24 heavy (non-hydrogen) atoms. The van der Waals surface area contributed by atoms with Gasteiger partial charge in [0.25, 0.3) is 5.91 Å². The topological polar surface area (TPSA) is 55.6 Å². The van der Waals surface area contributed by atoms with Gasteiger partial charge in [0.2, 0.25) is 11.7 Å². The molecule has 1 aliphatic heterocycles. The smallest absolute Gasteiger partial charge is 0.275 e. The van der Waals surface area contributed by atoms with Crippen LogP contribution in [0.5, 0.6) is 5.75 Å². The molecular formula is C17H18F2N2O3. The van der Waals surface area contributed by atoms with Crippen molar-refractivity contribution in [2.75, 3.05) is 13.1 Å². The lowest BCUT2D eigenvalue weighted by Gasteiger charge is -2.30. The van der Waals surface area contributed by atoms with E-state index >= 15 is 0 Å². The fourth-order valence-electron chi connectivity index (χ4n) is 2.75. The number of benzene rings is 1. The maximum Gasteiger partial charge on any atom is 0.275 e. The third-order valence-electron chi connectivity index (χ3n) is 3.98. The van der Waals surface area contributed by atoms with Gasteiger partial charge in [-0.1, -0.05) is 13.0 Å². The summed E-state index contributed by atoms with van der Waals surface area (Å²) in [6.45, 7) is 3.32. The van der Waals surface area contributed by atoms with Crippen LogP contribution in [0.1, 0.15) is 36.1 Å². The van der Waals surface area contributed by atoms with E-state index in [9.17, 15) is 13.6 Å². The number of ether oxygens (including phenoxy) is 1. The zero-order valence-corrected chi connectivity index (χ0v) is 13.3. The first-order valence-corrected chi connectivity index (χ1v) is 7.85. The molecule has 0 spiro atoms. The fraction of sp³-hybridized carbons (Fsp3) is 0.412. The average molecular weight is 336 g/mol. The van der Waals surface area contributed by atoms with Gasteiger partial charge in [0.05, 0.1) is 0 Å². The highest BCUT2D eigenvalue weighted by Crippen LogP contribution is 2.21. The van der Waals surface area contributed by atoms with Gasteiger partial charge in [-0.3, -0.25) is 4.79 Å². The number of hydrogen-bond acceptors (Lipinski definition) is 4. The van der Waals surface area contributed by atoms with Crippen molar-refractivity contribution in [2.45, 2.75) is 26.4 Å². The SMILES string of the molecule is C[C@@H]1CCCN(C(=O)c2coc(COc3cccc(F)c3F)n2)C1. The van der Waals surface area contributed by atoms with Crippen molar-refractivity contribution >= 4 is 5.91 Å². The molecule has 5 nitrogen and oxygen atoms in total. The van der Waals surface area contributed by atoms with Crippen LogP contribution in [0, 0.1) is 17.6 Å². The highest BCUT2D eigenvalue weighted by molar-refractivity contribution is 5.92. The van der Waals surface area contributed by atoms with E-state index in [4.69, 9.17) is 9.15 Å². The molecule has 0 radical (unpaired) electrons. The number of piperidine rings is 1. The quantitative estimate of drug-likeness (QED) is 0.859. The Morgan fingerprint density at radius 3 is 3.08 bits per heavy atom. The van der Waals surface area contributed by atoms with Crippen LogP contribution in [0.25, 0.3) is 0 Å². The number of nitrogens with zero attached hydrogens (tertiary/aromatic N) is 2. The molecule has 1 atom stereocenters. The van der Waals surface area contributed by atoms with Crippen molar-refractivity contribution in [1.82, 2.24) is 9.88 Å². The number of amides is 1. The third kappa shape index (κ3) is 3.55.